The minimum absolute atomic E-state index is 0.0185. The molecule has 1 unspecified atom stereocenters. The fourth-order valence-electron chi connectivity index (χ4n) is 3.04. The van der Waals surface area contributed by atoms with E-state index in [1.165, 1.54) is 6.07 Å². The maximum absolute atomic E-state index is 13.0. The van der Waals surface area contributed by atoms with Crippen LogP contribution >= 0.6 is 0 Å². The number of nitrogens with zero attached hydrogens (tertiary/aromatic N) is 3. The van der Waals surface area contributed by atoms with Gasteiger partial charge >= 0.3 is 5.97 Å². The number of esters is 1. The zero-order chi connectivity index (χ0) is 19.6. The average molecular weight is 393 g/mol. The molecule has 3 rings (SSSR count). The molecule has 0 radical (unpaired) electrons. The van der Waals surface area contributed by atoms with E-state index in [0.29, 0.717) is 6.54 Å². The maximum Gasteiger partial charge on any atom is 0.324 e. The van der Waals surface area contributed by atoms with E-state index in [9.17, 15) is 18.3 Å². The molecule has 1 aliphatic heterocycles. The van der Waals surface area contributed by atoms with Crippen molar-refractivity contribution in [1.82, 2.24) is 14.1 Å². The summed E-state index contributed by atoms with van der Waals surface area (Å²) < 4.78 is 33.9. The van der Waals surface area contributed by atoms with Gasteiger partial charge in [-0.15, -0.1) is 0 Å². The van der Waals surface area contributed by atoms with Crippen molar-refractivity contribution in [3.8, 4) is 0 Å². The van der Waals surface area contributed by atoms with Gasteiger partial charge < -0.3 is 9.84 Å². The van der Waals surface area contributed by atoms with Crippen molar-refractivity contribution in [3.05, 3.63) is 47.8 Å². The fraction of sp³-hybridized carbons (Fsp3) is 0.444. The number of aliphatic hydroxyl groups is 1. The van der Waals surface area contributed by atoms with E-state index in [-0.39, 0.29) is 24.5 Å². The minimum atomic E-state index is -3.92. The lowest BCUT2D eigenvalue weighted by Gasteiger charge is -2.23. The maximum atomic E-state index is 13.0. The van der Waals surface area contributed by atoms with Crippen LogP contribution in [0.1, 0.15) is 17.5 Å². The molecule has 0 saturated carbocycles. The van der Waals surface area contributed by atoms with Gasteiger partial charge in [-0.05, 0) is 43.2 Å². The van der Waals surface area contributed by atoms with Crippen LogP contribution in [0.3, 0.4) is 0 Å². The van der Waals surface area contributed by atoms with Crippen LogP contribution in [-0.2, 0) is 26.1 Å². The Morgan fingerprint density at radius 3 is 2.78 bits per heavy atom. The van der Waals surface area contributed by atoms with Crippen molar-refractivity contribution >= 4 is 16.0 Å². The molecule has 0 amide bonds. The number of ether oxygens (including phenoxy) is 1. The van der Waals surface area contributed by atoms with E-state index in [2.05, 4.69) is 5.10 Å². The summed E-state index contributed by atoms with van der Waals surface area (Å²) >= 11 is 0. The molecule has 2 aromatic rings. The Balaban J connectivity index is 1.74. The highest BCUT2D eigenvalue weighted by Gasteiger charge is 2.44. The van der Waals surface area contributed by atoms with E-state index in [1.54, 1.807) is 35.3 Å². The highest BCUT2D eigenvalue weighted by Crippen LogP contribution is 2.28. The van der Waals surface area contributed by atoms with E-state index in [0.717, 1.165) is 15.4 Å². The molecule has 1 aromatic carbocycles. The summed E-state index contributed by atoms with van der Waals surface area (Å²) in [5.41, 5.74) is 1.82. The van der Waals surface area contributed by atoms with E-state index < -0.39 is 28.1 Å². The van der Waals surface area contributed by atoms with Gasteiger partial charge in [0.05, 0.1) is 17.5 Å². The lowest BCUT2D eigenvalue weighted by atomic mass is 10.1. The first-order chi connectivity index (χ1) is 12.8. The van der Waals surface area contributed by atoms with Crippen LogP contribution < -0.4 is 0 Å². The van der Waals surface area contributed by atoms with Gasteiger partial charge in [-0.25, -0.2) is 8.42 Å². The highest BCUT2D eigenvalue weighted by atomic mass is 32.2. The molecule has 146 valence electrons. The highest BCUT2D eigenvalue weighted by molar-refractivity contribution is 7.89. The largest absolute Gasteiger partial charge is 0.463 e. The van der Waals surface area contributed by atoms with Crippen LogP contribution in [0.4, 0.5) is 0 Å². The quantitative estimate of drug-likeness (QED) is 0.731. The second kappa shape index (κ2) is 7.79. The third-order valence-corrected chi connectivity index (χ3v) is 6.59. The van der Waals surface area contributed by atoms with Crippen LogP contribution in [0.25, 0.3) is 0 Å². The second-order valence-electron chi connectivity index (χ2n) is 6.66. The van der Waals surface area contributed by atoms with Crippen molar-refractivity contribution in [2.75, 3.05) is 13.2 Å². The molecule has 1 aromatic heterocycles. The summed E-state index contributed by atoms with van der Waals surface area (Å²) in [6.07, 6.45) is 2.47. The Kier molecular flexibility index (Phi) is 5.64. The molecule has 1 N–H and O–H groups in total. The van der Waals surface area contributed by atoms with Crippen molar-refractivity contribution in [3.63, 3.8) is 0 Å². The van der Waals surface area contributed by atoms with Crippen LogP contribution in [-0.4, -0.2) is 58.9 Å². The van der Waals surface area contributed by atoms with Crippen molar-refractivity contribution in [2.24, 2.45) is 0 Å². The standard InChI is InChI=1S/C18H23N3O5S/c1-13-4-5-16(10-14(13)2)27(24,25)21-12-15(22)11-17(21)18(23)26-9-8-20-7-3-6-19-20/h3-7,10,15,17,22H,8-9,11-12H2,1-2H3/t15?,17-/m0/s1. The molecule has 2 atom stereocenters. The average Bonchev–Trinajstić information content (AvgIpc) is 3.27. The molecule has 27 heavy (non-hydrogen) atoms. The second-order valence-corrected chi connectivity index (χ2v) is 8.55. The molecule has 0 aliphatic carbocycles. The molecule has 8 nitrogen and oxygen atoms in total. The monoisotopic (exact) mass is 393 g/mol. The third kappa shape index (κ3) is 4.20. The first kappa shape index (κ1) is 19.5. The Hall–Kier alpha value is -2.23. The number of aryl methyl sites for hydroxylation is 2. The normalized spacial score (nSPS) is 20.7. The first-order valence-corrected chi connectivity index (χ1v) is 10.1. The smallest absolute Gasteiger partial charge is 0.324 e. The molecule has 2 heterocycles. The van der Waals surface area contributed by atoms with Gasteiger partial charge in [0.2, 0.25) is 10.0 Å². The minimum Gasteiger partial charge on any atom is -0.463 e. The third-order valence-electron chi connectivity index (χ3n) is 4.71. The number of hydrogen-bond donors (Lipinski definition) is 1. The van der Waals surface area contributed by atoms with Gasteiger partial charge in [-0.2, -0.15) is 9.40 Å². The number of hydrogen-bond acceptors (Lipinski definition) is 6. The Labute approximate surface area is 158 Å². The summed E-state index contributed by atoms with van der Waals surface area (Å²) in [7, 11) is -3.92. The van der Waals surface area contributed by atoms with Crippen LogP contribution in [0.15, 0.2) is 41.6 Å². The number of β-amino-alcohol motifs (C(OH)–C–C–N with tert-alkyl or cyclic N) is 1. The van der Waals surface area contributed by atoms with E-state index >= 15 is 0 Å². The Morgan fingerprint density at radius 1 is 1.33 bits per heavy atom. The van der Waals surface area contributed by atoms with Gasteiger partial charge in [0.25, 0.3) is 0 Å². The number of benzene rings is 1. The molecule has 1 saturated heterocycles. The lowest BCUT2D eigenvalue weighted by molar-refractivity contribution is -0.147. The van der Waals surface area contributed by atoms with Gasteiger partial charge in [0, 0.05) is 25.4 Å². The van der Waals surface area contributed by atoms with E-state index in [4.69, 9.17) is 4.74 Å². The number of sulfonamides is 1. The first-order valence-electron chi connectivity index (χ1n) is 8.70. The summed E-state index contributed by atoms with van der Waals surface area (Å²) in [5.74, 6) is -0.661. The molecular weight excluding hydrogens is 370 g/mol. The summed E-state index contributed by atoms with van der Waals surface area (Å²) in [6, 6.07) is 5.54. The van der Waals surface area contributed by atoms with Crippen LogP contribution in [0.2, 0.25) is 0 Å². The molecule has 0 bridgehead atoms. The molecule has 1 fully saturated rings. The number of carbonyl (C=O) groups is 1. The summed E-state index contributed by atoms with van der Waals surface area (Å²) in [5, 5.41) is 14.0. The van der Waals surface area contributed by atoms with E-state index in [1.807, 2.05) is 13.8 Å². The van der Waals surface area contributed by atoms with Crippen molar-refractivity contribution < 1.29 is 23.1 Å². The van der Waals surface area contributed by atoms with Gasteiger partial charge in [0.1, 0.15) is 12.6 Å². The SMILES string of the molecule is Cc1ccc(S(=O)(=O)N2CC(O)C[C@H]2C(=O)OCCn2cccn2)cc1C. The number of aliphatic hydroxyl groups excluding tert-OH is 1. The van der Waals surface area contributed by atoms with Crippen molar-refractivity contribution in [1.29, 1.82) is 0 Å². The topological polar surface area (TPSA) is 102 Å². The molecular formula is C18H23N3O5S. The number of aromatic nitrogens is 2. The fourth-order valence-corrected chi connectivity index (χ4v) is 4.75. The van der Waals surface area contributed by atoms with Gasteiger partial charge in [-0.1, -0.05) is 6.07 Å². The molecule has 9 heteroatoms. The van der Waals surface area contributed by atoms with Crippen molar-refractivity contribution in [2.45, 2.75) is 43.9 Å². The van der Waals surface area contributed by atoms with Gasteiger partial charge in [0.15, 0.2) is 0 Å². The Morgan fingerprint density at radius 2 is 2.11 bits per heavy atom. The van der Waals surface area contributed by atoms with Crippen LogP contribution in [0, 0.1) is 13.8 Å². The Bertz CT molecular complexity index is 911. The summed E-state index contributed by atoms with van der Waals surface area (Å²) in [6.45, 7) is 4.04. The summed E-state index contributed by atoms with van der Waals surface area (Å²) in [4.78, 5) is 12.6. The number of carbonyl (C=O) groups excluding carboxylic acids is 1. The zero-order valence-corrected chi connectivity index (χ0v) is 16.1. The van der Waals surface area contributed by atoms with Crippen LogP contribution in [0.5, 0.6) is 0 Å². The molecule has 1 aliphatic rings. The predicted octanol–water partition coefficient (Wildman–Crippen LogP) is 0.867. The zero-order valence-electron chi connectivity index (χ0n) is 15.3. The molecule has 0 spiro atoms. The number of rotatable bonds is 6. The lowest BCUT2D eigenvalue weighted by Crippen LogP contribution is -2.41. The predicted molar refractivity (Wildman–Crippen MR) is 97.4 cm³/mol. The van der Waals surface area contributed by atoms with Gasteiger partial charge in [-0.3, -0.25) is 9.48 Å².